The van der Waals surface area contributed by atoms with E-state index in [0.717, 1.165) is 17.8 Å². The van der Waals surface area contributed by atoms with Crippen molar-refractivity contribution in [2.24, 2.45) is 23.7 Å². The molecule has 7 aliphatic carbocycles. The molecule has 15 rings (SSSR count). The highest BCUT2D eigenvalue weighted by molar-refractivity contribution is 6.09. The van der Waals surface area contributed by atoms with Crippen molar-refractivity contribution in [3.8, 4) is 27.9 Å². The second-order valence-electron chi connectivity index (χ2n) is 19.9. The summed E-state index contributed by atoms with van der Waals surface area (Å²) < 4.78 is 2.45. The van der Waals surface area contributed by atoms with Gasteiger partial charge in [-0.15, -0.1) is 0 Å². The van der Waals surface area contributed by atoms with Crippen molar-refractivity contribution in [2.75, 3.05) is 4.90 Å². The second-order valence-corrected chi connectivity index (χ2v) is 19.9. The first-order chi connectivity index (χ1) is 30.2. The maximum atomic E-state index is 2.69. The van der Waals surface area contributed by atoms with Crippen LogP contribution in [0.2, 0.25) is 0 Å². The van der Waals surface area contributed by atoms with Crippen LogP contribution in [0, 0.1) is 23.7 Å². The quantitative estimate of drug-likeness (QED) is 0.172. The Morgan fingerprint density at radius 2 is 0.984 bits per heavy atom. The molecule has 4 bridgehead atoms. The fourth-order valence-corrected chi connectivity index (χ4v) is 15.1. The number of rotatable bonds is 4. The number of para-hydroxylation sites is 2. The fraction of sp³-hybridized carbons (Fsp3) is 0.288. The molecule has 1 heterocycles. The number of hydrogen-bond acceptors (Lipinski definition) is 1. The number of fused-ring (bicyclic) bond motifs is 12. The largest absolute Gasteiger partial charge is 0.310 e. The van der Waals surface area contributed by atoms with Crippen LogP contribution in [0.5, 0.6) is 0 Å². The van der Waals surface area contributed by atoms with E-state index in [1.54, 1.807) is 22.3 Å². The van der Waals surface area contributed by atoms with Gasteiger partial charge in [-0.1, -0.05) is 123 Å². The molecule has 298 valence electrons. The van der Waals surface area contributed by atoms with Crippen LogP contribution in [-0.2, 0) is 10.8 Å². The predicted octanol–water partition coefficient (Wildman–Crippen LogP) is 15.6. The number of aromatic nitrogens is 1. The van der Waals surface area contributed by atoms with Crippen molar-refractivity contribution in [3.63, 3.8) is 0 Å². The summed E-state index contributed by atoms with van der Waals surface area (Å²) in [5, 5.41) is 2.60. The average molecular weight is 789 g/mol. The third-order valence-electron chi connectivity index (χ3n) is 17.3. The van der Waals surface area contributed by atoms with Crippen molar-refractivity contribution in [1.82, 2.24) is 4.57 Å². The molecule has 8 aromatic rings. The Labute approximate surface area is 359 Å². The standard InChI is InChI=1S/C59H52N2/c1-10-30-58(31-11-1)52-16-6-2-12-46(52)48-28-26-44(36-54(48)58)60(42-22-24-43(25-23-42)61-56-18-8-4-14-50(56)51-15-5-9-19-57(51)61)45-27-29-49-47-13-3-7-17-53(47)59(55(49)37-45)40-21-20-38-32-39(34-40)35-41(59)33-38/h2-9,12-19,22-29,36-41H,1,10-11,20-21,30-35H2. The second kappa shape index (κ2) is 12.8. The Hall–Kier alpha value is -5.86. The van der Waals surface area contributed by atoms with Crippen molar-refractivity contribution in [3.05, 3.63) is 180 Å². The van der Waals surface area contributed by atoms with E-state index in [1.165, 1.54) is 137 Å². The molecule has 1 aromatic heterocycles. The van der Waals surface area contributed by atoms with Crippen molar-refractivity contribution >= 4 is 38.9 Å². The molecule has 5 unspecified atom stereocenters. The van der Waals surface area contributed by atoms with E-state index < -0.39 is 0 Å². The lowest BCUT2D eigenvalue weighted by Crippen LogP contribution is -2.48. The Morgan fingerprint density at radius 1 is 0.426 bits per heavy atom. The Kier molecular flexibility index (Phi) is 7.32. The molecule has 0 amide bonds. The SMILES string of the molecule is c1ccc2c(c1)-c1ccc(N(c3ccc(-n4c5ccccc5c5ccccc54)cc3)c3ccc4c(c3)C3(c5ccccc5-4)C4CCC5CC(C4)CC3C5)cc1C21CCCCC1. The number of hydrogen-bond donors (Lipinski definition) is 0. The molecular weight excluding hydrogens is 737 g/mol. The van der Waals surface area contributed by atoms with Crippen molar-refractivity contribution in [1.29, 1.82) is 0 Å². The maximum Gasteiger partial charge on any atom is 0.0541 e. The van der Waals surface area contributed by atoms with Crippen LogP contribution in [0.15, 0.2) is 158 Å². The van der Waals surface area contributed by atoms with E-state index in [1.807, 2.05) is 0 Å². The minimum atomic E-state index is 0.0918. The molecule has 0 aliphatic heterocycles. The van der Waals surface area contributed by atoms with E-state index in [-0.39, 0.29) is 10.8 Å². The van der Waals surface area contributed by atoms with E-state index in [0.29, 0.717) is 5.92 Å². The van der Waals surface area contributed by atoms with Gasteiger partial charge in [0.25, 0.3) is 0 Å². The predicted molar refractivity (Wildman–Crippen MR) is 253 cm³/mol. The van der Waals surface area contributed by atoms with Gasteiger partial charge in [0, 0.05) is 44.4 Å². The smallest absolute Gasteiger partial charge is 0.0541 e. The molecule has 2 heteroatoms. The third kappa shape index (κ3) is 4.69. The van der Waals surface area contributed by atoms with Gasteiger partial charge in [-0.05, 0) is 174 Å². The van der Waals surface area contributed by atoms with Crippen molar-refractivity contribution < 1.29 is 0 Å². The van der Waals surface area contributed by atoms with Crippen LogP contribution >= 0.6 is 0 Å². The van der Waals surface area contributed by atoms with Crippen molar-refractivity contribution in [2.45, 2.75) is 81.5 Å². The summed E-state index contributed by atoms with van der Waals surface area (Å²) >= 11 is 0. The molecular formula is C59H52N2. The van der Waals surface area contributed by atoms with Crippen LogP contribution < -0.4 is 4.90 Å². The summed E-state index contributed by atoms with van der Waals surface area (Å²) in [5.41, 5.74) is 19.9. The van der Waals surface area contributed by atoms with Gasteiger partial charge in [0.2, 0.25) is 0 Å². The first-order valence-corrected chi connectivity index (χ1v) is 23.6. The lowest BCUT2D eigenvalue weighted by Gasteiger charge is -2.53. The minimum absolute atomic E-state index is 0.0918. The third-order valence-corrected chi connectivity index (χ3v) is 17.3. The number of nitrogens with zero attached hydrogens (tertiary/aromatic N) is 2. The van der Waals surface area contributed by atoms with E-state index in [4.69, 9.17) is 0 Å². The van der Waals surface area contributed by atoms with Gasteiger partial charge in [-0.25, -0.2) is 0 Å². The molecule has 0 radical (unpaired) electrons. The zero-order valence-corrected chi connectivity index (χ0v) is 35.0. The fourth-order valence-electron chi connectivity index (χ4n) is 15.1. The van der Waals surface area contributed by atoms with Gasteiger partial charge < -0.3 is 9.47 Å². The first kappa shape index (κ1) is 34.8. The van der Waals surface area contributed by atoms with Gasteiger partial charge in [0.15, 0.2) is 0 Å². The van der Waals surface area contributed by atoms with Crippen LogP contribution in [0.25, 0.3) is 49.7 Å². The van der Waals surface area contributed by atoms with Crippen LogP contribution in [-0.4, -0.2) is 4.57 Å². The van der Waals surface area contributed by atoms with E-state index >= 15 is 0 Å². The first-order valence-electron chi connectivity index (χ1n) is 23.6. The summed E-state index contributed by atoms with van der Waals surface area (Å²) in [5.74, 6) is 3.25. The van der Waals surface area contributed by atoms with Crippen LogP contribution in [0.1, 0.15) is 92.9 Å². The van der Waals surface area contributed by atoms with E-state index in [9.17, 15) is 0 Å². The molecule has 7 aromatic carbocycles. The number of benzene rings is 7. The Balaban J connectivity index is 0.973. The zero-order chi connectivity index (χ0) is 39.9. The normalized spacial score (nSPS) is 24.9. The summed E-state index contributed by atoms with van der Waals surface area (Å²) in [6.07, 6.45) is 14.8. The summed E-state index contributed by atoms with van der Waals surface area (Å²) in [4.78, 5) is 2.62. The molecule has 2 nitrogen and oxygen atoms in total. The summed E-state index contributed by atoms with van der Waals surface area (Å²) in [7, 11) is 0. The lowest BCUT2D eigenvalue weighted by atomic mass is 9.51. The van der Waals surface area contributed by atoms with Gasteiger partial charge in [0.05, 0.1) is 11.0 Å². The molecule has 0 N–H and O–H groups in total. The van der Waals surface area contributed by atoms with Gasteiger partial charge in [-0.2, -0.15) is 0 Å². The van der Waals surface area contributed by atoms with Crippen LogP contribution in [0.3, 0.4) is 0 Å². The summed E-state index contributed by atoms with van der Waals surface area (Å²) in [6.45, 7) is 0. The molecule has 7 aliphatic rings. The maximum absolute atomic E-state index is 2.69. The Morgan fingerprint density at radius 3 is 1.72 bits per heavy atom. The van der Waals surface area contributed by atoms with Gasteiger partial charge in [-0.3, -0.25) is 0 Å². The number of anilines is 3. The highest BCUT2D eigenvalue weighted by Crippen LogP contribution is 2.68. The minimum Gasteiger partial charge on any atom is -0.310 e. The molecule has 0 saturated heterocycles. The highest BCUT2D eigenvalue weighted by atomic mass is 15.1. The monoisotopic (exact) mass is 788 g/mol. The average Bonchev–Trinajstić information content (AvgIpc) is 3.82. The molecule has 61 heavy (non-hydrogen) atoms. The molecule has 5 fully saturated rings. The Bertz CT molecular complexity index is 3010. The highest BCUT2D eigenvalue weighted by Gasteiger charge is 2.59. The molecule has 5 saturated carbocycles. The molecule has 2 spiro atoms. The lowest BCUT2D eigenvalue weighted by molar-refractivity contribution is 0.0618. The van der Waals surface area contributed by atoms with Gasteiger partial charge >= 0.3 is 0 Å². The van der Waals surface area contributed by atoms with Crippen LogP contribution in [0.4, 0.5) is 17.1 Å². The topological polar surface area (TPSA) is 8.17 Å². The van der Waals surface area contributed by atoms with E-state index in [2.05, 4.69) is 167 Å². The summed E-state index contributed by atoms with van der Waals surface area (Å²) in [6, 6.07) is 61.4. The van der Waals surface area contributed by atoms with Gasteiger partial charge in [0.1, 0.15) is 0 Å². The zero-order valence-electron chi connectivity index (χ0n) is 35.0. The molecule has 5 atom stereocenters.